The normalized spacial score (nSPS) is 30.6. The van der Waals surface area contributed by atoms with E-state index in [2.05, 4.69) is 13.8 Å². The highest BCUT2D eigenvalue weighted by Gasteiger charge is 2.20. The number of carbonyl (C=O) groups excluding carboxylic acids is 1. The Balaban J connectivity index is 2.21. The van der Waals surface area contributed by atoms with Crippen molar-refractivity contribution in [2.45, 2.75) is 46.0 Å². The van der Waals surface area contributed by atoms with Gasteiger partial charge in [-0.3, -0.25) is 0 Å². The predicted molar refractivity (Wildman–Crippen MR) is 51.0 cm³/mol. The van der Waals surface area contributed by atoms with Crippen molar-refractivity contribution < 1.29 is 4.79 Å². The zero-order valence-electron chi connectivity index (χ0n) is 8.25. The minimum Gasteiger partial charge on any atom is -0.303 e. The average molecular weight is 168 g/mol. The van der Waals surface area contributed by atoms with Crippen LogP contribution in [0.2, 0.25) is 0 Å². The highest BCUT2D eigenvalue weighted by atomic mass is 16.1. The van der Waals surface area contributed by atoms with E-state index in [9.17, 15) is 4.79 Å². The lowest BCUT2D eigenvalue weighted by molar-refractivity contribution is -0.112. The lowest BCUT2D eigenvalue weighted by Gasteiger charge is -2.26. The van der Waals surface area contributed by atoms with Gasteiger partial charge < -0.3 is 4.79 Å². The van der Waals surface area contributed by atoms with Crippen LogP contribution in [-0.4, -0.2) is 6.29 Å². The summed E-state index contributed by atoms with van der Waals surface area (Å²) in [7, 11) is 0. The van der Waals surface area contributed by atoms with Crippen molar-refractivity contribution in [3.05, 3.63) is 0 Å². The van der Waals surface area contributed by atoms with E-state index < -0.39 is 0 Å². The molecule has 1 saturated carbocycles. The van der Waals surface area contributed by atoms with Crippen LogP contribution in [0.25, 0.3) is 0 Å². The quantitative estimate of drug-likeness (QED) is 0.592. The lowest BCUT2D eigenvalue weighted by atomic mass is 9.79. The summed E-state index contributed by atoms with van der Waals surface area (Å²) < 4.78 is 0. The maximum atomic E-state index is 10.5. The Bertz CT molecular complexity index is 132. The van der Waals surface area contributed by atoms with Crippen molar-refractivity contribution in [1.82, 2.24) is 0 Å². The second-order valence-corrected chi connectivity index (χ2v) is 4.55. The molecule has 0 unspecified atom stereocenters. The predicted octanol–water partition coefficient (Wildman–Crippen LogP) is 3.04. The van der Waals surface area contributed by atoms with Crippen LogP contribution in [0.15, 0.2) is 0 Å². The Hall–Kier alpha value is -0.330. The third kappa shape index (κ3) is 2.96. The Kier molecular flexibility index (Phi) is 3.77. The van der Waals surface area contributed by atoms with Crippen LogP contribution in [0.3, 0.4) is 0 Å². The summed E-state index contributed by atoms with van der Waals surface area (Å²) in [4.78, 5) is 10.5. The Morgan fingerprint density at radius 2 is 1.83 bits per heavy atom. The molecule has 0 N–H and O–H groups in total. The summed E-state index contributed by atoms with van der Waals surface area (Å²) in [5, 5.41) is 0. The van der Waals surface area contributed by atoms with E-state index in [0.29, 0.717) is 5.92 Å². The van der Waals surface area contributed by atoms with Gasteiger partial charge in [0.15, 0.2) is 0 Å². The molecule has 1 fully saturated rings. The fraction of sp³-hybridized carbons (Fsp3) is 0.909. The molecule has 1 rings (SSSR count). The molecule has 0 atom stereocenters. The van der Waals surface area contributed by atoms with E-state index in [-0.39, 0.29) is 0 Å². The van der Waals surface area contributed by atoms with Crippen LogP contribution < -0.4 is 0 Å². The number of rotatable bonds is 3. The molecule has 0 aromatic carbocycles. The number of hydrogen-bond acceptors (Lipinski definition) is 1. The molecule has 1 heteroatoms. The van der Waals surface area contributed by atoms with Gasteiger partial charge in [-0.2, -0.15) is 0 Å². The van der Waals surface area contributed by atoms with Crippen LogP contribution in [0.4, 0.5) is 0 Å². The van der Waals surface area contributed by atoms with Gasteiger partial charge in [0.05, 0.1) is 0 Å². The van der Waals surface area contributed by atoms with Crippen LogP contribution in [-0.2, 0) is 4.79 Å². The third-order valence-electron chi connectivity index (χ3n) is 2.89. The molecule has 0 heterocycles. The topological polar surface area (TPSA) is 17.1 Å². The molecule has 0 aromatic rings. The first kappa shape index (κ1) is 9.76. The zero-order valence-corrected chi connectivity index (χ0v) is 8.25. The van der Waals surface area contributed by atoms with Crippen molar-refractivity contribution in [2.24, 2.45) is 17.8 Å². The summed E-state index contributed by atoms with van der Waals surface area (Å²) in [6.45, 7) is 4.57. The Labute approximate surface area is 75.5 Å². The zero-order chi connectivity index (χ0) is 8.97. The summed E-state index contributed by atoms with van der Waals surface area (Å²) in [5.41, 5.74) is 0. The fourth-order valence-corrected chi connectivity index (χ4v) is 2.23. The Morgan fingerprint density at radius 3 is 2.25 bits per heavy atom. The first-order valence-corrected chi connectivity index (χ1v) is 5.17. The van der Waals surface area contributed by atoms with Crippen molar-refractivity contribution in [2.75, 3.05) is 0 Å². The van der Waals surface area contributed by atoms with Crippen LogP contribution in [0.5, 0.6) is 0 Å². The summed E-state index contributed by atoms with van der Waals surface area (Å²) in [6.07, 6.45) is 7.34. The van der Waals surface area contributed by atoms with Crippen molar-refractivity contribution in [3.8, 4) is 0 Å². The molecule has 0 aromatic heterocycles. The standard InChI is InChI=1S/C11H20O/c1-9(2)7-10-3-5-11(8-12)6-4-10/h8-11H,3-7H2,1-2H3/t10-,11-. The van der Waals surface area contributed by atoms with Crippen molar-refractivity contribution in [1.29, 1.82) is 0 Å². The van der Waals surface area contributed by atoms with Crippen LogP contribution >= 0.6 is 0 Å². The highest BCUT2D eigenvalue weighted by Crippen LogP contribution is 2.31. The van der Waals surface area contributed by atoms with E-state index >= 15 is 0 Å². The lowest BCUT2D eigenvalue weighted by Crippen LogP contribution is -2.16. The van der Waals surface area contributed by atoms with E-state index in [0.717, 1.165) is 31.0 Å². The van der Waals surface area contributed by atoms with Gasteiger partial charge in [-0.1, -0.05) is 13.8 Å². The summed E-state index contributed by atoms with van der Waals surface area (Å²) >= 11 is 0. The molecule has 0 amide bonds. The maximum absolute atomic E-state index is 10.5. The van der Waals surface area contributed by atoms with E-state index in [1.807, 2.05) is 0 Å². The third-order valence-corrected chi connectivity index (χ3v) is 2.89. The van der Waals surface area contributed by atoms with Gasteiger partial charge in [0.1, 0.15) is 6.29 Å². The molecule has 0 bridgehead atoms. The molecule has 0 aliphatic heterocycles. The van der Waals surface area contributed by atoms with E-state index in [1.165, 1.54) is 19.3 Å². The van der Waals surface area contributed by atoms with Gasteiger partial charge in [-0.15, -0.1) is 0 Å². The fourth-order valence-electron chi connectivity index (χ4n) is 2.23. The summed E-state index contributed by atoms with van der Waals surface area (Å²) in [6, 6.07) is 0. The second-order valence-electron chi connectivity index (χ2n) is 4.55. The Morgan fingerprint density at radius 1 is 1.25 bits per heavy atom. The molecule has 0 radical (unpaired) electrons. The number of carbonyl (C=O) groups is 1. The smallest absolute Gasteiger partial charge is 0.123 e. The van der Waals surface area contributed by atoms with Crippen LogP contribution in [0, 0.1) is 17.8 Å². The minimum atomic E-state index is 0.383. The molecule has 1 aliphatic rings. The number of aldehydes is 1. The molecule has 12 heavy (non-hydrogen) atoms. The first-order chi connectivity index (χ1) is 5.72. The summed E-state index contributed by atoms with van der Waals surface area (Å²) in [5.74, 6) is 2.11. The molecule has 0 spiro atoms. The molecule has 70 valence electrons. The molecular weight excluding hydrogens is 148 g/mol. The van der Waals surface area contributed by atoms with Gasteiger partial charge in [0.25, 0.3) is 0 Å². The van der Waals surface area contributed by atoms with Gasteiger partial charge in [-0.25, -0.2) is 0 Å². The largest absolute Gasteiger partial charge is 0.303 e. The average Bonchev–Trinajstić information content (AvgIpc) is 2.05. The molecule has 0 saturated heterocycles. The first-order valence-electron chi connectivity index (χ1n) is 5.17. The molecule has 1 nitrogen and oxygen atoms in total. The maximum Gasteiger partial charge on any atom is 0.123 e. The molecular formula is C11H20O. The van der Waals surface area contributed by atoms with E-state index in [1.54, 1.807) is 0 Å². The van der Waals surface area contributed by atoms with Crippen LogP contribution in [0.1, 0.15) is 46.0 Å². The second kappa shape index (κ2) is 4.64. The highest BCUT2D eigenvalue weighted by molar-refractivity contribution is 5.53. The molecule has 1 aliphatic carbocycles. The number of hydrogen-bond donors (Lipinski definition) is 0. The van der Waals surface area contributed by atoms with E-state index in [4.69, 9.17) is 0 Å². The SMILES string of the molecule is CC(C)C[C@H]1CC[C@H](C=O)CC1. The van der Waals surface area contributed by atoms with Crippen molar-refractivity contribution >= 4 is 6.29 Å². The minimum absolute atomic E-state index is 0.383. The van der Waals surface area contributed by atoms with Crippen molar-refractivity contribution in [3.63, 3.8) is 0 Å². The van der Waals surface area contributed by atoms with Gasteiger partial charge in [0.2, 0.25) is 0 Å². The van der Waals surface area contributed by atoms with Gasteiger partial charge in [-0.05, 0) is 43.9 Å². The monoisotopic (exact) mass is 168 g/mol. The van der Waals surface area contributed by atoms with Gasteiger partial charge in [0, 0.05) is 5.92 Å². The van der Waals surface area contributed by atoms with Gasteiger partial charge >= 0.3 is 0 Å².